The van der Waals surface area contributed by atoms with Crippen LogP contribution in [0, 0.1) is 17.8 Å². The lowest BCUT2D eigenvalue weighted by Crippen LogP contribution is -2.61. The number of rotatable bonds is 10. The van der Waals surface area contributed by atoms with Crippen LogP contribution in [0.5, 0.6) is 0 Å². The monoisotopic (exact) mass is 505 g/mol. The molecule has 8 heteroatoms. The highest BCUT2D eigenvalue weighted by Gasteiger charge is 2.77. The second kappa shape index (κ2) is 10.3. The Morgan fingerprint density at radius 3 is 2.40 bits per heavy atom. The molecule has 3 amide bonds. The van der Waals surface area contributed by atoms with Gasteiger partial charge < -0.3 is 19.8 Å². The van der Waals surface area contributed by atoms with Gasteiger partial charge in [0.15, 0.2) is 0 Å². The lowest BCUT2D eigenvalue weighted by atomic mass is 9.65. The van der Waals surface area contributed by atoms with Crippen LogP contribution in [0.25, 0.3) is 0 Å². The third kappa shape index (κ3) is 4.35. The summed E-state index contributed by atoms with van der Waals surface area (Å²) in [5.41, 5.74) is -0.473. The molecule has 3 saturated heterocycles. The molecule has 3 heterocycles. The highest BCUT2D eigenvalue weighted by Crippen LogP contribution is 2.69. The third-order valence-corrected chi connectivity index (χ3v) is 10.1. The third-order valence-electron chi connectivity index (χ3n) is 7.98. The van der Waals surface area contributed by atoms with Gasteiger partial charge in [-0.3, -0.25) is 14.4 Å². The van der Waals surface area contributed by atoms with Gasteiger partial charge >= 0.3 is 0 Å². The average molecular weight is 506 g/mol. The van der Waals surface area contributed by atoms with Gasteiger partial charge in [-0.1, -0.05) is 26.0 Å². The minimum absolute atomic E-state index is 0.00000451. The van der Waals surface area contributed by atoms with E-state index in [1.165, 1.54) is 0 Å². The number of fused-ring (bicyclic) bond motifs is 1. The van der Waals surface area contributed by atoms with Gasteiger partial charge in [0.05, 0.1) is 29.2 Å². The van der Waals surface area contributed by atoms with Crippen molar-refractivity contribution in [1.29, 1.82) is 0 Å². The Labute approximate surface area is 215 Å². The van der Waals surface area contributed by atoms with E-state index < -0.39 is 34.2 Å². The van der Waals surface area contributed by atoms with Gasteiger partial charge in [0.2, 0.25) is 17.7 Å². The summed E-state index contributed by atoms with van der Waals surface area (Å²) < 4.78 is -0.695. The first kappa shape index (κ1) is 27.8. The molecule has 7 nitrogen and oxygen atoms in total. The highest BCUT2D eigenvalue weighted by atomic mass is 32.2. The zero-order valence-corrected chi connectivity index (χ0v) is 23.0. The Balaban J connectivity index is 2.13. The summed E-state index contributed by atoms with van der Waals surface area (Å²) in [6.45, 7) is 20.7. The van der Waals surface area contributed by atoms with Crippen molar-refractivity contribution >= 4 is 29.5 Å². The number of amides is 3. The highest BCUT2D eigenvalue weighted by molar-refractivity contribution is 8.02. The van der Waals surface area contributed by atoms with Crippen LogP contribution in [-0.2, 0) is 14.4 Å². The summed E-state index contributed by atoms with van der Waals surface area (Å²) in [6, 6.07) is -1.26. The maximum atomic E-state index is 14.3. The molecule has 0 aliphatic carbocycles. The van der Waals surface area contributed by atoms with Crippen molar-refractivity contribution < 1.29 is 19.5 Å². The van der Waals surface area contributed by atoms with Gasteiger partial charge in [-0.2, -0.15) is 0 Å². The van der Waals surface area contributed by atoms with E-state index >= 15 is 0 Å². The average Bonchev–Trinajstić information content (AvgIpc) is 3.38. The van der Waals surface area contributed by atoms with Crippen LogP contribution in [0.15, 0.2) is 25.3 Å². The fraction of sp³-hybridized carbons (Fsp3) is 0.741. The zero-order valence-electron chi connectivity index (χ0n) is 22.2. The van der Waals surface area contributed by atoms with Crippen molar-refractivity contribution in [1.82, 2.24) is 14.7 Å². The number of carbonyl (C=O) groups is 3. The van der Waals surface area contributed by atoms with Crippen molar-refractivity contribution in [2.45, 2.75) is 82.0 Å². The van der Waals surface area contributed by atoms with Crippen LogP contribution < -0.4 is 0 Å². The molecule has 3 aliphatic heterocycles. The molecule has 0 aromatic heterocycles. The number of likely N-dealkylation sites (tertiary alicyclic amines) is 1. The van der Waals surface area contributed by atoms with Crippen molar-refractivity contribution in [3.63, 3.8) is 0 Å². The van der Waals surface area contributed by atoms with Crippen LogP contribution in [-0.4, -0.2) is 91.4 Å². The van der Waals surface area contributed by atoms with Crippen molar-refractivity contribution in [2.75, 3.05) is 26.2 Å². The standard InChI is InChI=1S/C27H43N3O4S/c1-9-12-28(13-10-2)23(32)20-19-15-17(4)27(35-19)21(20)24(33)30(18(5)16-31)22(27)25(34)29(14-11-3)26(6,7)8/h9,11,17-22,31H,1,3,10,12-16H2,2,4-8H3/t17?,18-,19+,20-,21+,22?,27?/m1/s1. The van der Waals surface area contributed by atoms with E-state index in [0.29, 0.717) is 19.6 Å². The summed E-state index contributed by atoms with van der Waals surface area (Å²) in [7, 11) is 0. The van der Waals surface area contributed by atoms with Gasteiger partial charge in [-0.25, -0.2) is 0 Å². The predicted octanol–water partition coefficient (Wildman–Crippen LogP) is 2.94. The number of hydrogen-bond acceptors (Lipinski definition) is 5. The molecule has 0 aromatic rings. The second-order valence-corrected chi connectivity index (χ2v) is 12.9. The summed E-state index contributed by atoms with van der Waals surface area (Å²) in [5, 5.41) is 10.1. The molecule has 3 aliphatic rings. The maximum Gasteiger partial charge on any atom is 0.247 e. The number of aliphatic hydroxyl groups excluding tert-OH is 1. The summed E-state index contributed by atoms with van der Waals surface area (Å²) >= 11 is 1.67. The maximum absolute atomic E-state index is 14.3. The van der Waals surface area contributed by atoms with Crippen LogP contribution in [0.1, 0.15) is 54.4 Å². The number of thioether (sulfide) groups is 1. The van der Waals surface area contributed by atoms with Crippen molar-refractivity contribution in [3.8, 4) is 0 Å². The molecule has 35 heavy (non-hydrogen) atoms. The molecule has 196 valence electrons. The van der Waals surface area contributed by atoms with E-state index in [-0.39, 0.29) is 35.5 Å². The summed E-state index contributed by atoms with van der Waals surface area (Å²) in [5.74, 6) is -1.27. The van der Waals surface area contributed by atoms with Gasteiger partial charge in [0, 0.05) is 30.4 Å². The smallest absolute Gasteiger partial charge is 0.247 e. The lowest BCUT2D eigenvalue weighted by Gasteiger charge is -2.45. The van der Waals surface area contributed by atoms with Crippen LogP contribution in [0.3, 0.4) is 0 Å². The van der Waals surface area contributed by atoms with Crippen LogP contribution in [0.4, 0.5) is 0 Å². The Hall–Kier alpha value is -1.80. The topological polar surface area (TPSA) is 81.2 Å². The fourth-order valence-electron chi connectivity index (χ4n) is 6.48. The molecule has 0 radical (unpaired) electrons. The Bertz CT molecular complexity index is 871. The van der Waals surface area contributed by atoms with Gasteiger partial charge in [0.25, 0.3) is 0 Å². The minimum atomic E-state index is -0.733. The predicted molar refractivity (Wildman–Crippen MR) is 141 cm³/mol. The van der Waals surface area contributed by atoms with Gasteiger partial charge in [-0.05, 0) is 46.5 Å². The molecule has 7 atom stereocenters. The first-order chi connectivity index (χ1) is 16.4. The number of hydrogen-bond donors (Lipinski definition) is 1. The first-order valence-electron chi connectivity index (χ1n) is 12.8. The molecule has 3 fully saturated rings. The van der Waals surface area contributed by atoms with Gasteiger partial charge in [-0.15, -0.1) is 24.9 Å². The molecule has 3 unspecified atom stereocenters. The van der Waals surface area contributed by atoms with E-state index in [4.69, 9.17) is 0 Å². The largest absolute Gasteiger partial charge is 0.394 e. The minimum Gasteiger partial charge on any atom is -0.394 e. The molecule has 1 spiro atoms. The lowest BCUT2D eigenvalue weighted by molar-refractivity contribution is -0.148. The molecule has 0 saturated carbocycles. The summed E-state index contributed by atoms with van der Waals surface area (Å²) in [6.07, 6.45) is 5.05. The molecule has 1 N–H and O–H groups in total. The SMILES string of the molecule is C=CCN(CCC)C(=O)[C@@H]1[C@@H]2CC(C)C3(S2)C(C(=O)N(CC=C)C(C)(C)C)N([C@H](C)CO)C(=O)[C@H]13. The number of nitrogens with zero attached hydrogens (tertiary/aromatic N) is 3. The van der Waals surface area contributed by atoms with Crippen molar-refractivity contribution in [2.24, 2.45) is 17.8 Å². The van der Waals surface area contributed by atoms with E-state index in [1.54, 1.807) is 45.5 Å². The first-order valence-corrected chi connectivity index (χ1v) is 13.7. The van der Waals surface area contributed by atoms with Crippen LogP contribution in [0.2, 0.25) is 0 Å². The Morgan fingerprint density at radius 1 is 1.26 bits per heavy atom. The molecular formula is C27H43N3O4S. The van der Waals surface area contributed by atoms with E-state index in [0.717, 1.165) is 12.8 Å². The zero-order chi connectivity index (χ0) is 26.3. The molecule has 2 bridgehead atoms. The molecule has 3 rings (SSSR count). The van der Waals surface area contributed by atoms with Crippen LogP contribution >= 0.6 is 11.8 Å². The fourth-order valence-corrected chi connectivity index (χ4v) is 8.88. The van der Waals surface area contributed by atoms with Crippen molar-refractivity contribution in [3.05, 3.63) is 25.3 Å². The second-order valence-electron chi connectivity index (χ2n) is 11.3. The van der Waals surface area contributed by atoms with E-state index in [2.05, 4.69) is 20.1 Å². The number of aliphatic hydroxyl groups is 1. The molecule has 0 aromatic carbocycles. The Morgan fingerprint density at radius 2 is 1.89 bits per heavy atom. The quantitative estimate of drug-likeness (QED) is 0.462. The van der Waals surface area contributed by atoms with E-state index in [9.17, 15) is 19.5 Å². The molecular weight excluding hydrogens is 462 g/mol. The van der Waals surface area contributed by atoms with Gasteiger partial charge in [0.1, 0.15) is 6.04 Å². The van der Waals surface area contributed by atoms with E-state index in [1.807, 2.05) is 27.7 Å². The Kier molecular flexibility index (Phi) is 8.17. The normalized spacial score (nSPS) is 32.4. The number of carbonyl (C=O) groups excluding carboxylic acids is 3. The summed E-state index contributed by atoms with van der Waals surface area (Å²) in [4.78, 5) is 47.5.